The van der Waals surface area contributed by atoms with E-state index in [-0.39, 0.29) is 12.1 Å². The molecule has 3 aromatic heterocycles. The normalized spacial score (nSPS) is 23.2. The number of hydrogen-bond acceptors (Lipinski definition) is 7. The highest BCUT2D eigenvalue weighted by Crippen LogP contribution is 2.36. The lowest BCUT2D eigenvalue weighted by molar-refractivity contribution is -0.140. The molecule has 1 aliphatic carbocycles. The second-order valence-corrected chi connectivity index (χ2v) is 10.2. The summed E-state index contributed by atoms with van der Waals surface area (Å²) in [5.74, 6) is -0.591. The molecule has 5 rings (SSSR count). The first-order chi connectivity index (χ1) is 15.4. The van der Waals surface area contributed by atoms with Crippen LogP contribution >= 0.6 is 22.7 Å². The van der Waals surface area contributed by atoms with Gasteiger partial charge in [-0.25, -0.2) is 9.78 Å². The molecule has 1 aliphatic heterocycles. The second kappa shape index (κ2) is 7.82. The van der Waals surface area contributed by atoms with E-state index in [4.69, 9.17) is 0 Å². The van der Waals surface area contributed by atoms with Crippen LogP contribution in [0.3, 0.4) is 0 Å². The van der Waals surface area contributed by atoms with Gasteiger partial charge in [0.05, 0.1) is 11.7 Å². The monoisotopic (exact) mass is 471 g/mol. The summed E-state index contributed by atoms with van der Waals surface area (Å²) >= 11 is 2.89. The van der Waals surface area contributed by atoms with Crippen molar-refractivity contribution >= 4 is 50.7 Å². The molecule has 166 valence electrons. The summed E-state index contributed by atoms with van der Waals surface area (Å²) in [6, 6.07) is 3.19. The molecule has 0 bridgehead atoms. The molecule has 1 spiro atoms. The van der Waals surface area contributed by atoms with Gasteiger partial charge in [0, 0.05) is 15.8 Å². The smallest absolute Gasteiger partial charge is 0.322 e. The Morgan fingerprint density at radius 1 is 1.28 bits per heavy atom. The molecule has 2 aliphatic rings. The van der Waals surface area contributed by atoms with Gasteiger partial charge in [-0.3, -0.25) is 24.4 Å². The summed E-state index contributed by atoms with van der Waals surface area (Å²) in [6.45, 7) is 1.76. The van der Waals surface area contributed by atoms with Crippen LogP contribution in [0, 0.1) is 5.92 Å². The zero-order valence-electron chi connectivity index (χ0n) is 17.3. The van der Waals surface area contributed by atoms with E-state index in [1.54, 1.807) is 0 Å². The van der Waals surface area contributed by atoms with Gasteiger partial charge < -0.3 is 5.32 Å². The summed E-state index contributed by atoms with van der Waals surface area (Å²) in [7, 11) is 0. The fraction of sp³-hybridized carbons (Fsp3) is 0.381. The number of hydrogen-bond donors (Lipinski definition) is 2. The predicted octanol–water partition coefficient (Wildman–Crippen LogP) is 2.72. The van der Waals surface area contributed by atoms with Crippen molar-refractivity contribution in [1.29, 1.82) is 0 Å². The number of aromatic nitrogens is 2. The summed E-state index contributed by atoms with van der Waals surface area (Å²) in [4.78, 5) is 56.9. The van der Waals surface area contributed by atoms with E-state index in [0.717, 1.165) is 28.3 Å². The Morgan fingerprint density at radius 3 is 2.78 bits per heavy atom. The lowest BCUT2D eigenvalue weighted by Gasteiger charge is -2.33. The Kier molecular flexibility index (Phi) is 5.09. The minimum Gasteiger partial charge on any atom is -0.322 e. The molecule has 0 aromatic carbocycles. The lowest BCUT2D eigenvalue weighted by atomic mass is 9.77. The number of urea groups is 1. The van der Waals surface area contributed by atoms with Gasteiger partial charge in [0.15, 0.2) is 0 Å². The number of nitrogens with zero attached hydrogens (tertiary/aromatic N) is 3. The number of amides is 4. The molecule has 3 aromatic rings. The van der Waals surface area contributed by atoms with Crippen LogP contribution in [0.5, 0.6) is 0 Å². The molecule has 0 radical (unpaired) electrons. The zero-order chi connectivity index (χ0) is 22.5. The van der Waals surface area contributed by atoms with E-state index < -0.39 is 23.4 Å². The van der Waals surface area contributed by atoms with E-state index in [1.807, 2.05) is 22.9 Å². The van der Waals surface area contributed by atoms with Crippen LogP contribution in [0.15, 0.2) is 34.0 Å². The van der Waals surface area contributed by atoms with Crippen LogP contribution < -0.4 is 16.3 Å². The topological polar surface area (TPSA) is 113 Å². The Labute approximate surface area is 191 Å². The van der Waals surface area contributed by atoms with Crippen LogP contribution in [0.25, 0.3) is 20.7 Å². The van der Waals surface area contributed by atoms with E-state index in [9.17, 15) is 19.2 Å². The number of carbonyl (C=O) groups is 3. The van der Waals surface area contributed by atoms with Crippen LogP contribution in [0.1, 0.15) is 32.6 Å². The van der Waals surface area contributed by atoms with E-state index in [0.29, 0.717) is 29.0 Å². The number of nitrogens with one attached hydrogen (secondary N) is 2. The molecule has 1 saturated carbocycles. The van der Waals surface area contributed by atoms with Gasteiger partial charge >= 0.3 is 6.03 Å². The molecule has 0 unspecified atom stereocenters. The third-order valence-corrected chi connectivity index (χ3v) is 7.98. The first kappa shape index (κ1) is 20.8. The minimum atomic E-state index is -0.944. The number of carbonyl (C=O) groups excluding carboxylic acids is 3. The maximum atomic E-state index is 13.1. The van der Waals surface area contributed by atoms with E-state index >= 15 is 0 Å². The largest absolute Gasteiger partial charge is 0.344 e. The number of fused-ring (bicyclic) bond motifs is 1. The van der Waals surface area contributed by atoms with Crippen molar-refractivity contribution in [2.75, 3.05) is 0 Å². The third kappa shape index (κ3) is 3.41. The van der Waals surface area contributed by atoms with E-state index in [1.165, 1.54) is 33.6 Å². The van der Waals surface area contributed by atoms with Crippen molar-refractivity contribution in [2.45, 2.75) is 44.7 Å². The zero-order valence-corrected chi connectivity index (χ0v) is 18.9. The van der Waals surface area contributed by atoms with Crippen LogP contribution in [-0.4, -0.2) is 37.9 Å². The molecule has 32 heavy (non-hydrogen) atoms. The molecule has 2 N–H and O–H groups in total. The molecule has 9 nitrogen and oxygen atoms in total. The van der Waals surface area contributed by atoms with Crippen molar-refractivity contribution in [3.05, 3.63) is 39.6 Å². The number of thiophene rings is 2. The maximum absolute atomic E-state index is 13.1. The summed E-state index contributed by atoms with van der Waals surface area (Å²) in [5.41, 5.74) is 1.87. The molecular weight excluding hydrogens is 450 g/mol. The highest BCUT2D eigenvalue weighted by molar-refractivity contribution is 7.18. The quantitative estimate of drug-likeness (QED) is 0.568. The van der Waals surface area contributed by atoms with Gasteiger partial charge in [0.2, 0.25) is 0 Å². The second-order valence-electron chi connectivity index (χ2n) is 8.35. The number of imide groups is 1. The molecule has 0 atom stereocenters. The van der Waals surface area contributed by atoms with E-state index in [2.05, 4.69) is 22.7 Å². The average Bonchev–Trinajstić information content (AvgIpc) is 3.49. The van der Waals surface area contributed by atoms with Crippen molar-refractivity contribution < 1.29 is 14.4 Å². The van der Waals surface area contributed by atoms with Crippen molar-refractivity contribution in [1.82, 2.24) is 25.3 Å². The summed E-state index contributed by atoms with van der Waals surface area (Å²) < 4.78 is 1.19. The Bertz CT molecular complexity index is 1270. The maximum Gasteiger partial charge on any atom is 0.344 e. The molecule has 4 heterocycles. The molecule has 11 heteroatoms. The van der Waals surface area contributed by atoms with Crippen LogP contribution in [0.4, 0.5) is 4.79 Å². The Morgan fingerprint density at radius 2 is 2.06 bits per heavy atom. The number of hydrazine groups is 1. The Hall–Kier alpha value is -3.05. The number of rotatable bonds is 4. The minimum absolute atomic E-state index is 0.343. The first-order valence-electron chi connectivity index (χ1n) is 10.3. The highest BCUT2D eigenvalue weighted by atomic mass is 32.1. The summed E-state index contributed by atoms with van der Waals surface area (Å²) in [5, 5.41) is 7.77. The van der Waals surface area contributed by atoms with Gasteiger partial charge in [-0.2, -0.15) is 5.01 Å². The standard InChI is InChI=1S/C21H21N5O4S2/c1-12-4-6-21(7-5-12)19(29)26(20(30)23-21)24-15(27)9-25-11-22-17-16(18(25)28)13(10-32-17)14-3-2-8-31-14/h2-3,8,10-12H,4-7,9H2,1H3,(H,23,30)(H,24,27). The molecule has 1 saturated heterocycles. The molecule has 2 fully saturated rings. The van der Waals surface area contributed by atoms with Crippen molar-refractivity contribution in [2.24, 2.45) is 5.92 Å². The van der Waals surface area contributed by atoms with Gasteiger partial charge in [-0.1, -0.05) is 13.0 Å². The van der Waals surface area contributed by atoms with Gasteiger partial charge in [0.1, 0.15) is 16.9 Å². The fourth-order valence-electron chi connectivity index (χ4n) is 4.32. The molecular formula is C21H21N5O4S2. The Balaban J connectivity index is 1.35. The van der Waals surface area contributed by atoms with Gasteiger partial charge in [-0.05, 0) is 43.0 Å². The predicted molar refractivity (Wildman–Crippen MR) is 121 cm³/mol. The highest BCUT2D eigenvalue weighted by Gasteiger charge is 2.52. The fourth-order valence-corrected chi connectivity index (χ4v) is 6.04. The average molecular weight is 472 g/mol. The van der Waals surface area contributed by atoms with Gasteiger partial charge in [0.25, 0.3) is 17.4 Å². The van der Waals surface area contributed by atoms with Crippen LogP contribution in [0.2, 0.25) is 0 Å². The van der Waals surface area contributed by atoms with Crippen molar-refractivity contribution in [3.8, 4) is 10.4 Å². The van der Waals surface area contributed by atoms with Crippen molar-refractivity contribution in [3.63, 3.8) is 0 Å². The third-order valence-electron chi connectivity index (χ3n) is 6.19. The van der Waals surface area contributed by atoms with Gasteiger partial charge in [-0.15, -0.1) is 22.7 Å². The first-order valence-corrected chi connectivity index (χ1v) is 12.1. The molecule has 4 amide bonds. The lowest BCUT2D eigenvalue weighted by Crippen LogP contribution is -2.52. The van der Waals surface area contributed by atoms with Crippen LogP contribution in [-0.2, 0) is 16.1 Å². The summed E-state index contributed by atoms with van der Waals surface area (Å²) in [6.07, 6.45) is 4.09. The SMILES string of the molecule is CC1CCC2(CC1)NC(=O)N(NC(=O)Cn1cnc3scc(-c4cccs4)c3c1=O)C2=O.